The van der Waals surface area contributed by atoms with Gasteiger partial charge in [-0.1, -0.05) is 23.2 Å². The lowest BCUT2D eigenvalue weighted by molar-refractivity contribution is -0.119. The van der Waals surface area contributed by atoms with Crippen LogP contribution in [0.25, 0.3) is 0 Å². The highest BCUT2D eigenvalue weighted by molar-refractivity contribution is 6.35. The van der Waals surface area contributed by atoms with Crippen molar-refractivity contribution >= 4 is 40.8 Å². The summed E-state index contributed by atoms with van der Waals surface area (Å²) in [4.78, 5) is 25.0. The van der Waals surface area contributed by atoms with E-state index in [1.807, 2.05) is 0 Å². The average Bonchev–Trinajstić information content (AvgIpc) is 2.92. The Hall–Kier alpha value is -1.26. The van der Waals surface area contributed by atoms with Crippen LogP contribution in [-0.2, 0) is 4.79 Å². The smallest absolute Gasteiger partial charge is 0.323 e. The average molecular weight is 271 g/mol. The molecule has 0 atom stereocenters. The molecule has 17 heavy (non-hydrogen) atoms. The largest absolute Gasteiger partial charge is 0.329 e. The van der Waals surface area contributed by atoms with E-state index in [1.165, 1.54) is 0 Å². The van der Waals surface area contributed by atoms with E-state index in [0.717, 1.165) is 4.90 Å². The number of urea groups is 1. The molecule has 0 bridgehead atoms. The van der Waals surface area contributed by atoms with Crippen LogP contribution in [0.5, 0.6) is 0 Å². The fraction of sp³-hybridized carbons (Fsp3) is 0.273. The molecule has 0 radical (unpaired) electrons. The molecule has 88 valence electrons. The second kappa shape index (κ2) is 3.37. The topological polar surface area (TPSA) is 49.4 Å². The van der Waals surface area contributed by atoms with Gasteiger partial charge in [-0.2, -0.15) is 0 Å². The first-order valence-corrected chi connectivity index (χ1v) is 5.90. The Morgan fingerprint density at radius 2 is 1.71 bits per heavy atom. The van der Waals surface area contributed by atoms with Crippen LogP contribution in [0.15, 0.2) is 18.2 Å². The van der Waals surface area contributed by atoms with Crippen LogP contribution in [-0.4, -0.2) is 17.5 Å². The first-order chi connectivity index (χ1) is 8.02. The van der Waals surface area contributed by atoms with E-state index in [9.17, 15) is 9.59 Å². The number of hydrogen-bond acceptors (Lipinski definition) is 2. The van der Waals surface area contributed by atoms with Crippen molar-refractivity contribution < 1.29 is 9.59 Å². The predicted octanol–water partition coefficient (Wildman–Crippen LogP) is 2.58. The van der Waals surface area contributed by atoms with Crippen molar-refractivity contribution in [1.82, 2.24) is 5.32 Å². The van der Waals surface area contributed by atoms with Gasteiger partial charge in [-0.3, -0.25) is 4.79 Å². The fourth-order valence-electron chi connectivity index (χ4n) is 1.99. The molecule has 1 aliphatic carbocycles. The van der Waals surface area contributed by atoms with Gasteiger partial charge in [0.05, 0.1) is 5.69 Å². The van der Waals surface area contributed by atoms with Crippen LogP contribution in [0.3, 0.4) is 0 Å². The summed E-state index contributed by atoms with van der Waals surface area (Å²) < 4.78 is 0. The zero-order valence-corrected chi connectivity index (χ0v) is 10.2. The molecule has 0 aromatic heterocycles. The summed E-state index contributed by atoms with van der Waals surface area (Å²) in [6.07, 6.45) is 1.39. The monoisotopic (exact) mass is 270 g/mol. The molecule has 1 aliphatic heterocycles. The van der Waals surface area contributed by atoms with Crippen LogP contribution < -0.4 is 10.2 Å². The van der Waals surface area contributed by atoms with Crippen LogP contribution in [0.4, 0.5) is 10.5 Å². The lowest BCUT2D eigenvalue weighted by atomic mass is 10.2. The fourth-order valence-corrected chi connectivity index (χ4v) is 2.50. The summed E-state index contributed by atoms with van der Waals surface area (Å²) in [5.41, 5.74) is -0.250. The third-order valence-electron chi connectivity index (χ3n) is 3.02. The van der Waals surface area contributed by atoms with Crippen LogP contribution >= 0.6 is 23.2 Å². The van der Waals surface area contributed by atoms with E-state index in [0.29, 0.717) is 28.6 Å². The second-order valence-corrected chi connectivity index (χ2v) is 5.15. The molecule has 3 rings (SSSR count). The number of rotatable bonds is 1. The lowest BCUT2D eigenvalue weighted by Crippen LogP contribution is -2.32. The van der Waals surface area contributed by atoms with Gasteiger partial charge in [0.25, 0.3) is 5.91 Å². The van der Waals surface area contributed by atoms with Gasteiger partial charge in [0.15, 0.2) is 0 Å². The number of halogens is 2. The van der Waals surface area contributed by atoms with E-state index in [2.05, 4.69) is 5.32 Å². The molecule has 4 nitrogen and oxygen atoms in total. The Morgan fingerprint density at radius 3 is 2.18 bits per heavy atom. The molecule has 0 unspecified atom stereocenters. The standard InChI is InChI=1S/C11H8Cl2N2O2/c12-6-3-7(13)5-8(4-6)15-9(16)11(1-2-11)14-10(15)17/h3-5H,1-2H2,(H,14,17). The third kappa shape index (κ3) is 1.59. The van der Waals surface area contributed by atoms with E-state index < -0.39 is 11.6 Å². The highest BCUT2D eigenvalue weighted by Gasteiger charge is 2.59. The minimum Gasteiger partial charge on any atom is -0.323 e. The molecule has 1 saturated heterocycles. The van der Waals surface area contributed by atoms with Crippen LogP contribution in [0, 0.1) is 0 Å². The van der Waals surface area contributed by atoms with E-state index in [-0.39, 0.29) is 5.91 Å². The molecule has 6 heteroatoms. The molecule has 1 heterocycles. The summed E-state index contributed by atoms with van der Waals surface area (Å²) >= 11 is 11.7. The lowest BCUT2D eigenvalue weighted by Gasteiger charge is -2.13. The third-order valence-corrected chi connectivity index (χ3v) is 3.45. The van der Waals surface area contributed by atoms with Crippen molar-refractivity contribution in [2.24, 2.45) is 0 Å². The van der Waals surface area contributed by atoms with Gasteiger partial charge in [-0.05, 0) is 31.0 Å². The van der Waals surface area contributed by atoms with Crippen molar-refractivity contribution in [1.29, 1.82) is 0 Å². The maximum atomic E-state index is 12.1. The van der Waals surface area contributed by atoms with Gasteiger partial charge in [0.2, 0.25) is 0 Å². The summed E-state index contributed by atoms with van der Waals surface area (Å²) in [6.45, 7) is 0. The maximum absolute atomic E-state index is 12.1. The van der Waals surface area contributed by atoms with Crippen molar-refractivity contribution in [2.45, 2.75) is 18.4 Å². The van der Waals surface area contributed by atoms with Crippen molar-refractivity contribution in [3.63, 3.8) is 0 Å². The molecule has 1 aromatic carbocycles. The number of carbonyl (C=O) groups is 2. The van der Waals surface area contributed by atoms with Crippen molar-refractivity contribution in [2.75, 3.05) is 4.90 Å². The number of hydrogen-bond donors (Lipinski definition) is 1. The van der Waals surface area contributed by atoms with E-state index in [4.69, 9.17) is 23.2 Å². The number of imide groups is 1. The first kappa shape index (κ1) is 10.9. The SMILES string of the molecule is O=C1NC2(CC2)C(=O)N1c1cc(Cl)cc(Cl)c1. The molecular formula is C11H8Cl2N2O2. The highest BCUT2D eigenvalue weighted by Crippen LogP contribution is 2.42. The van der Waals surface area contributed by atoms with Gasteiger partial charge < -0.3 is 5.32 Å². The highest BCUT2D eigenvalue weighted by atomic mass is 35.5. The Labute approximate surface area is 107 Å². The maximum Gasteiger partial charge on any atom is 0.329 e. The van der Waals surface area contributed by atoms with Crippen molar-refractivity contribution in [3.8, 4) is 0 Å². The predicted molar refractivity (Wildman–Crippen MR) is 64.4 cm³/mol. The summed E-state index contributed by atoms with van der Waals surface area (Å²) in [5, 5.41) is 3.48. The molecular weight excluding hydrogens is 263 g/mol. The molecule has 2 fully saturated rings. The zero-order chi connectivity index (χ0) is 12.2. The minimum atomic E-state index is -0.661. The number of anilines is 1. The van der Waals surface area contributed by atoms with Crippen molar-refractivity contribution in [3.05, 3.63) is 28.2 Å². The van der Waals surface area contributed by atoms with Gasteiger partial charge in [-0.25, -0.2) is 9.69 Å². The van der Waals surface area contributed by atoms with Gasteiger partial charge >= 0.3 is 6.03 Å². The van der Waals surface area contributed by atoms with E-state index in [1.54, 1.807) is 18.2 Å². The number of amides is 3. The summed E-state index contributed by atoms with van der Waals surface area (Å²) in [6, 6.07) is 4.24. The molecule has 1 aromatic rings. The zero-order valence-electron chi connectivity index (χ0n) is 8.67. The molecule has 2 aliphatic rings. The number of nitrogens with zero attached hydrogens (tertiary/aromatic N) is 1. The second-order valence-electron chi connectivity index (χ2n) is 4.28. The van der Waals surface area contributed by atoms with Crippen LogP contribution in [0.2, 0.25) is 10.0 Å². The number of benzene rings is 1. The number of nitrogens with one attached hydrogen (secondary N) is 1. The Morgan fingerprint density at radius 1 is 1.12 bits per heavy atom. The van der Waals surface area contributed by atoms with Gasteiger partial charge in [-0.15, -0.1) is 0 Å². The quantitative estimate of drug-likeness (QED) is 0.798. The minimum absolute atomic E-state index is 0.221. The Kier molecular flexibility index (Phi) is 2.15. The molecule has 3 amide bonds. The van der Waals surface area contributed by atoms with Gasteiger partial charge in [0.1, 0.15) is 5.54 Å². The van der Waals surface area contributed by atoms with E-state index >= 15 is 0 Å². The normalized spacial score (nSPS) is 20.9. The first-order valence-electron chi connectivity index (χ1n) is 5.15. The van der Waals surface area contributed by atoms with Crippen LogP contribution in [0.1, 0.15) is 12.8 Å². The molecule has 1 spiro atoms. The molecule has 1 saturated carbocycles. The Bertz CT molecular complexity index is 520. The molecule has 1 N–H and O–H groups in total. The van der Waals surface area contributed by atoms with Gasteiger partial charge in [0, 0.05) is 10.0 Å². The summed E-state index contributed by atoms with van der Waals surface area (Å²) in [7, 11) is 0. The Balaban J connectivity index is 2.04. The number of carbonyl (C=O) groups excluding carboxylic acids is 2. The summed E-state index contributed by atoms with van der Waals surface area (Å²) in [5.74, 6) is -0.221.